The van der Waals surface area contributed by atoms with Crippen molar-refractivity contribution in [1.82, 2.24) is 4.98 Å². The Balaban J connectivity index is 1.92. The number of hydrogen-bond acceptors (Lipinski definition) is 5. The van der Waals surface area contributed by atoms with Gasteiger partial charge in [0.25, 0.3) is 0 Å². The van der Waals surface area contributed by atoms with Crippen molar-refractivity contribution in [3.63, 3.8) is 0 Å². The van der Waals surface area contributed by atoms with Gasteiger partial charge >= 0.3 is 6.18 Å². The van der Waals surface area contributed by atoms with Crippen molar-refractivity contribution in [3.05, 3.63) is 42.1 Å². The van der Waals surface area contributed by atoms with Crippen LogP contribution in [0.2, 0.25) is 0 Å². The molecule has 0 spiro atoms. The topological polar surface area (TPSA) is 86.5 Å². The molecule has 26 heavy (non-hydrogen) atoms. The molecule has 0 aliphatic rings. The number of carbonyl (C=O) groups excluding carboxylic acids is 1. The molecule has 0 saturated carbocycles. The number of hydrogen-bond donors (Lipinski definition) is 2. The molecule has 2 aromatic rings. The molecule has 2 rings (SSSR count). The molecule has 0 radical (unpaired) electrons. The van der Waals surface area contributed by atoms with Crippen LogP contribution in [0.5, 0.6) is 11.5 Å². The zero-order chi connectivity index (χ0) is 19.2. The number of nitrogens with one attached hydrogen (secondary N) is 1. The van der Waals surface area contributed by atoms with E-state index in [0.29, 0.717) is 17.9 Å². The van der Waals surface area contributed by atoms with Gasteiger partial charge < -0.3 is 20.5 Å². The van der Waals surface area contributed by atoms with Gasteiger partial charge in [-0.05, 0) is 36.2 Å². The van der Waals surface area contributed by atoms with Crippen LogP contribution >= 0.6 is 0 Å². The largest absolute Gasteiger partial charge is 0.493 e. The van der Waals surface area contributed by atoms with Gasteiger partial charge in [-0.2, -0.15) is 13.2 Å². The summed E-state index contributed by atoms with van der Waals surface area (Å²) in [5, 5.41) is 2.68. The van der Waals surface area contributed by atoms with Gasteiger partial charge in [0.05, 0.1) is 19.0 Å². The molecule has 0 bridgehead atoms. The van der Waals surface area contributed by atoms with E-state index in [2.05, 4.69) is 10.3 Å². The summed E-state index contributed by atoms with van der Waals surface area (Å²) in [6, 6.07) is 7.73. The minimum atomic E-state index is -4.43. The quantitative estimate of drug-likeness (QED) is 0.783. The Morgan fingerprint density at radius 2 is 2.00 bits per heavy atom. The van der Waals surface area contributed by atoms with Crippen molar-refractivity contribution in [2.24, 2.45) is 0 Å². The predicted octanol–water partition coefficient (Wildman–Crippen LogP) is 3.18. The van der Waals surface area contributed by atoms with Gasteiger partial charge in [-0.1, -0.05) is 6.07 Å². The van der Waals surface area contributed by atoms with Gasteiger partial charge in [-0.3, -0.25) is 4.79 Å². The molecule has 1 heterocycles. The Labute approximate surface area is 148 Å². The van der Waals surface area contributed by atoms with Crippen LogP contribution in [-0.2, 0) is 11.2 Å². The SMILES string of the molecule is COc1cc(CCC(=O)Nc2ccc(N)nc2)ccc1OCC(F)(F)F. The number of rotatable bonds is 7. The number of anilines is 2. The summed E-state index contributed by atoms with van der Waals surface area (Å²) < 4.78 is 46.5. The number of alkyl halides is 3. The van der Waals surface area contributed by atoms with Gasteiger partial charge in [0.1, 0.15) is 5.82 Å². The number of amides is 1. The average molecular weight is 369 g/mol. The first kappa shape index (κ1) is 19.4. The van der Waals surface area contributed by atoms with Crippen molar-refractivity contribution < 1.29 is 27.4 Å². The van der Waals surface area contributed by atoms with E-state index in [0.717, 1.165) is 5.56 Å². The standard InChI is InChI=1S/C17H18F3N3O3/c1-25-14-8-11(2-5-13(14)26-10-17(18,19)20)3-7-16(24)23-12-4-6-15(21)22-9-12/h2,4-6,8-9H,3,7,10H2,1H3,(H2,21,22)(H,23,24). The Morgan fingerprint density at radius 1 is 1.23 bits per heavy atom. The van der Waals surface area contributed by atoms with Crippen LogP contribution in [0.4, 0.5) is 24.7 Å². The lowest BCUT2D eigenvalue weighted by Crippen LogP contribution is -2.19. The van der Waals surface area contributed by atoms with Crippen LogP contribution in [0.3, 0.4) is 0 Å². The first-order valence-electron chi connectivity index (χ1n) is 7.64. The summed E-state index contributed by atoms with van der Waals surface area (Å²) in [5.74, 6) is 0.289. The Hall–Kier alpha value is -2.97. The number of pyridine rings is 1. The number of nitrogens with zero attached hydrogens (tertiary/aromatic N) is 1. The van der Waals surface area contributed by atoms with Crippen LogP contribution in [0.25, 0.3) is 0 Å². The molecular formula is C17H18F3N3O3. The summed E-state index contributed by atoms with van der Waals surface area (Å²) >= 11 is 0. The third kappa shape index (κ3) is 6.15. The van der Waals surface area contributed by atoms with E-state index in [1.54, 1.807) is 24.3 Å². The van der Waals surface area contributed by atoms with Crippen molar-refractivity contribution in [3.8, 4) is 11.5 Å². The number of methoxy groups -OCH3 is 1. The summed E-state index contributed by atoms with van der Waals surface area (Å²) in [5.41, 5.74) is 6.72. The molecule has 6 nitrogen and oxygen atoms in total. The van der Waals surface area contributed by atoms with Crippen LogP contribution in [-0.4, -0.2) is 30.8 Å². The number of aryl methyl sites for hydroxylation is 1. The van der Waals surface area contributed by atoms with Crippen molar-refractivity contribution in [2.45, 2.75) is 19.0 Å². The van der Waals surface area contributed by atoms with Gasteiger partial charge in [0.15, 0.2) is 18.1 Å². The second-order valence-electron chi connectivity index (χ2n) is 5.41. The monoisotopic (exact) mass is 369 g/mol. The molecule has 0 fully saturated rings. The highest BCUT2D eigenvalue weighted by Crippen LogP contribution is 2.30. The second-order valence-corrected chi connectivity index (χ2v) is 5.41. The Kier molecular flexibility index (Phi) is 6.26. The van der Waals surface area contributed by atoms with Crippen molar-refractivity contribution >= 4 is 17.4 Å². The molecule has 1 aromatic carbocycles. The summed E-state index contributed by atoms with van der Waals surface area (Å²) in [4.78, 5) is 15.8. The zero-order valence-corrected chi connectivity index (χ0v) is 14.0. The van der Waals surface area contributed by atoms with E-state index in [1.807, 2.05) is 0 Å². The fraction of sp³-hybridized carbons (Fsp3) is 0.294. The number of carbonyl (C=O) groups is 1. The van der Waals surface area contributed by atoms with Crippen molar-refractivity contribution in [1.29, 1.82) is 0 Å². The molecule has 0 aliphatic heterocycles. The maximum Gasteiger partial charge on any atom is 0.422 e. The fourth-order valence-electron chi connectivity index (χ4n) is 2.11. The van der Waals surface area contributed by atoms with E-state index >= 15 is 0 Å². The molecule has 3 N–H and O–H groups in total. The van der Waals surface area contributed by atoms with Crippen LogP contribution in [0.1, 0.15) is 12.0 Å². The molecule has 9 heteroatoms. The maximum absolute atomic E-state index is 12.2. The average Bonchev–Trinajstić information content (AvgIpc) is 2.59. The normalized spacial score (nSPS) is 11.1. The lowest BCUT2D eigenvalue weighted by molar-refractivity contribution is -0.153. The predicted molar refractivity (Wildman–Crippen MR) is 90.1 cm³/mol. The number of nitrogens with two attached hydrogens (primary N) is 1. The molecule has 0 atom stereocenters. The van der Waals surface area contributed by atoms with E-state index in [1.165, 1.54) is 19.4 Å². The van der Waals surface area contributed by atoms with E-state index in [-0.39, 0.29) is 23.8 Å². The van der Waals surface area contributed by atoms with Gasteiger partial charge in [0, 0.05) is 6.42 Å². The molecule has 0 aliphatic carbocycles. The molecule has 0 unspecified atom stereocenters. The van der Waals surface area contributed by atoms with E-state index in [9.17, 15) is 18.0 Å². The first-order chi connectivity index (χ1) is 12.3. The van der Waals surface area contributed by atoms with Crippen LogP contribution < -0.4 is 20.5 Å². The minimum absolute atomic E-state index is 0.00836. The maximum atomic E-state index is 12.2. The molecule has 1 aromatic heterocycles. The number of nitrogen functional groups attached to an aromatic ring is 1. The molecule has 0 saturated heterocycles. The van der Waals surface area contributed by atoms with Gasteiger partial charge in [-0.15, -0.1) is 0 Å². The Bertz CT molecular complexity index is 749. The molecule has 140 valence electrons. The van der Waals surface area contributed by atoms with Gasteiger partial charge in [-0.25, -0.2) is 4.98 Å². The highest BCUT2D eigenvalue weighted by atomic mass is 19.4. The minimum Gasteiger partial charge on any atom is -0.493 e. The number of aromatic nitrogens is 1. The lowest BCUT2D eigenvalue weighted by atomic mass is 10.1. The highest BCUT2D eigenvalue weighted by Gasteiger charge is 2.29. The number of ether oxygens (including phenoxy) is 2. The highest BCUT2D eigenvalue weighted by molar-refractivity contribution is 5.90. The van der Waals surface area contributed by atoms with Crippen molar-refractivity contribution in [2.75, 3.05) is 24.8 Å². The molecule has 1 amide bonds. The first-order valence-corrected chi connectivity index (χ1v) is 7.64. The zero-order valence-electron chi connectivity index (χ0n) is 14.0. The number of benzene rings is 1. The summed E-state index contributed by atoms with van der Waals surface area (Å²) in [7, 11) is 1.33. The van der Waals surface area contributed by atoms with E-state index < -0.39 is 12.8 Å². The smallest absolute Gasteiger partial charge is 0.422 e. The third-order valence-electron chi connectivity index (χ3n) is 3.33. The second kappa shape index (κ2) is 8.41. The Morgan fingerprint density at radius 3 is 2.62 bits per heavy atom. The number of halogens is 3. The lowest BCUT2D eigenvalue weighted by Gasteiger charge is -2.13. The van der Waals surface area contributed by atoms with Crippen LogP contribution in [0, 0.1) is 0 Å². The summed E-state index contributed by atoms with van der Waals surface area (Å²) in [6.45, 7) is -1.40. The summed E-state index contributed by atoms with van der Waals surface area (Å²) in [6.07, 6.45) is -2.43. The van der Waals surface area contributed by atoms with Gasteiger partial charge in [0.2, 0.25) is 5.91 Å². The molecular weight excluding hydrogens is 351 g/mol. The van der Waals surface area contributed by atoms with E-state index in [4.69, 9.17) is 15.2 Å². The third-order valence-corrected chi connectivity index (χ3v) is 3.33. The fourth-order valence-corrected chi connectivity index (χ4v) is 2.11. The van der Waals surface area contributed by atoms with Crippen LogP contribution in [0.15, 0.2) is 36.5 Å².